The number of amidine groups is 1. The second-order valence-electron chi connectivity index (χ2n) is 2.71. The minimum absolute atomic E-state index is 0.152. The number of hydrogen-bond donors (Lipinski definition) is 2. The molecule has 7 heteroatoms. The molecule has 0 aliphatic rings. The van der Waals surface area contributed by atoms with Crippen molar-refractivity contribution in [1.82, 2.24) is 19.9 Å². The topological polar surface area (TPSA) is 107 Å². The summed E-state index contributed by atoms with van der Waals surface area (Å²) in [6, 6.07) is 0. The summed E-state index contributed by atoms with van der Waals surface area (Å²) in [4.78, 5) is 3.88. The van der Waals surface area contributed by atoms with E-state index >= 15 is 0 Å². The van der Waals surface area contributed by atoms with Gasteiger partial charge in [-0.05, 0) is 5.16 Å². The molecule has 2 rings (SSSR count). The molecule has 0 amide bonds. The lowest BCUT2D eigenvalue weighted by Gasteiger charge is -1.97. The first-order valence-electron chi connectivity index (χ1n) is 3.89. The monoisotopic (exact) mass is 192 g/mol. The Bertz CT molecular complexity index is 431. The molecule has 0 atom stereocenters. The van der Waals surface area contributed by atoms with E-state index in [0.717, 1.165) is 0 Å². The smallest absolute Gasteiger partial charge is 0.174 e. The minimum Gasteiger partial charge on any atom is -0.382 e. The third-order valence-corrected chi connectivity index (χ3v) is 1.70. The van der Waals surface area contributed by atoms with E-state index < -0.39 is 0 Å². The van der Waals surface area contributed by atoms with Gasteiger partial charge in [-0.3, -0.25) is 5.41 Å². The quantitative estimate of drug-likeness (QED) is 0.508. The standard InChI is InChI=1S/C7H8N6O/c8-7(9)6-5(11-14-12-6)3-13-2-1-10-4-13/h1-2,4H,3H2,(H3,8,9). The van der Waals surface area contributed by atoms with Gasteiger partial charge < -0.3 is 10.3 Å². The molecular formula is C7H8N6O. The largest absolute Gasteiger partial charge is 0.382 e. The SMILES string of the molecule is N=C(N)c1nonc1Cn1ccnc1. The molecule has 2 heterocycles. The summed E-state index contributed by atoms with van der Waals surface area (Å²) in [5, 5.41) is 14.4. The average Bonchev–Trinajstić information content (AvgIpc) is 2.75. The van der Waals surface area contributed by atoms with Crippen LogP contribution in [-0.2, 0) is 6.54 Å². The number of rotatable bonds is 3. The van der Waals surface area contributed by atoms with Crippen molar-refractivity contribution in [3.63, 3.8) is 0 Å². The summed E-state index contributed by atoms with van der Waals surface area (Å²) in [5.41, 5.74) is 6.08. The number of nitrogens with zero attached hydrogens (tertiary/aromatic N) is 4. The number of nitrogen functional groups attached to an aromatic ring is 1. The fraction of sp³-hybridized carbons (Fsp3) is 0.143. The Labute approximate surface area is 79.0 Å². The van der Waals surface area contributed by atoms with Crippen molar-refractivity contribution in [1.29, 1.82) is 5.41 Å². The summed E-state index contributed by atoms with van der Waals surface area (Å²) in [5.74, 6) is -0.152. The summed E-state index contributed by atoms with van der Waals surface area (Å²) >= 11 is 0. The second-order valence-corrected chi connectivity index (χ2v) is 2.71. The Morgan fingerprint density at radius 3 is 3.07 bits per heavy atom. The summed E-state index contributed by atoms with van der Waals surface area (Å²) in [6.45, 7) is 0.443. The van der Waals surface area contributed by atoms with Crippen LogP contribution in [0.1, 0.15) is 11.4 Å². The van der Waals surface area contributed by atoms with Crippen LogP contribution < -0.4 is 5.73 Å². The Kier molecular flexibility index (Phi) is 1.98. The van der Waals surface area contributed by atoms with Gasteiger partial charge >= 0.3 is 0 Å². The molecule has 0 aliphatic heterocycles. The lowest BCUT2D eigenvalue weighted by Crippen LogP contribution is -2.15. The van der Waals surface area contributed by atoms with Gasteiger partial charge in [0.25, 0.3) is 0 Å². The third kappa shape index (κ3) is 1.47. The highest BCUT2D eigenvalue weighted by atomic mass is 16.6. The highest BCUT2D eigenvalue weighted by Gasteiger charge is 2.12. The van der Waals surface area contributed by atoms with Gasteiger partial charge in [0.2, 0.25) is 0 Å². The van der Waals surface area contributed by atoms with Crippen LogP contribution in [0.2, 0.25) is 0 Å². The van der Waals surface area contributed by atoms with Crippen LogP contribution in [-0.4, -0.2) is 25.7 Å². The van der Waals surface area contributed by atoms with Gasteiger partial charge in [-0.15, -0.1) is 0 Å². The molecule has 72 valence electrons. The first kappa shape index (κ1) is 8.42. The molecule has 0 fully saturated rings. The zero-order valence-corrected chi connectivity index (χ0v) is 7.21. The normalized spacial score (nSPS) is 10.3. The van der Waals surface area contributed by atoms with Crippen molar-refractivity contribution in [2.45, 2.75) is 6.54 Å². The molecule has 0 saturated heterocycles. The number of aromatic nitrogens is 4. The molecule has 7 nitrogen and oxygen atoms in total. The van der Waals surface area contributed by atoms with Crippen molar-refractivity contribution in [3.05, 3.63) is 30.1 Å². The predicted octanol–water partition coefficient (Wildman–Crippen LogP) is -0.402. The maximum absolute atomic E-state index is 7.21. The van der Waals surface area contributed by atoms with Gasteiger partial charge in [0.15, 0.2) is 5.69 Å². The van der Waals surface area contributed by atoms with Crippen molar-refractivity contribution >= 4 is 5.84 Å². The van der Waals surface area contributed by atoms with E-state index in [1.165, 1.54) is 0 Å². The average molecular weight is 192 g/mol. The first-order chi connectivity index (χ1) is 6.77. The maximum atomic E-state index is 7.21. The molecule has 0 spiro atoms. The predicted molar refractivity (Wildman–Crippen MR) is 46.6 cm³/mol. The summed E-state index contributed by atoms with van der Waals surface area (Å²) in [7, 11) is 0. The number of imidazole rings is 1. The van der Waals surface area contributed by atoms with Crippen molar-refractivity contribution in [3.8, 4) is 0 Å². The maximum Gasteiger partial charge on any atom is 0.174 e. The Morgan fingerprint density at radius 1 is 1.57 bits per heavy atom. The molecule has 0 saturated carbocycles. The fourth-order valence-corrected chi connectivity index (χ4v) is 1.07. The van der Waals surface area contributed by atoms with Crippen LogP contribution in [0.25, 0.3) is 0 Å². The van der Waals surface area contributed by atoms with E-state index in [4.69, 9.17) is 11.1 Å². The van der Waals surface area contributed by atoms with E-state index in [1.54, 1.807) is 23.3 Å². The van der Waals surface area contributed by atoms with Crippen molar-refractivity contribution < 1.29 is 4.63 Å². The molecule has 2 aromatic heterocycles. The Balaban J connectivity index is 2.25. The summed E-state index contributed by atoms with van der Waals surface area (Å²) < 4.78 is 6.28. The molecule has 14 heavy (non-hydrogen) atoms. The molecule has 0 unspecified atom stereocenters. The van der Waals surface area contributed by atoms with E-state index in [0.29, 0.717) is 12.2 Å². The van der Waals surface area contributed by atoms with Gasteiger partial charge in [-0.1, -0.05) is 5.16 Å². The van der Waals surface area contributed by atoms with Crippen molar-refractivity contribution in [2.24, 2.45) is 5.73 Å². The highest BCUT2D eigenvalue weighted by molar-refractivity contribution is 5.93. The van der Waals surface area contributed by atoms with E-state index in [9.17, 15) is 0 Å². The van der Waals surface area contributed by atoms with E-state index in [1.807, 2.05) is 0 Å². The van der Waals surface area contributed by atoms with E-state index in [2.05, 4.69) is 19.9 Å². The molecule has 0 aromatic carbocycles. The fourth-order valence-electron chi connectivity index (χ4n) is 1.07. The molecular weight excluding hydrogens is 184 g/mol. The second kappa shape index (κ2) is 3.29. The van der Waals surface area contributed by atoms with Crippen LogP contribution in [0, 0.1) is 5.41 Å². The Morgan fingerprint density at radius 2 is 2.43 bits per heavy atom. The molecule has 0 radical (unpaired) electrons. The zero-order valence-electron chi connectivity index (χ0n) is 7.21. The van der Waals surface area contributed by atoms with Crippen molar-refractivity contribution in [2.75, 3.05) is 0 Å². The van der Waals surface area contributed by atoms with E-state index in [-0.39, 0.29) is 11.5 Å². The van der Waals surface area contributed by atoms with Crippen LogP contribution in [0.3, 0.4) is 0 Å². The molecule has 2 aromatic rings. The van der Waals surface area contributed by atoms with Crippen LogP contribution in [0.5, 0.6) is 0 Å². The third-order valence-electron chi connectivity index (χ3n) is 1.70. The summed E-state index contributed by atoms with van der Waals surface area (Å²) in [6.07, 6.45) is 5.07. The number of hydrogen-bond acceptors (Lipinski definition) is 5. The molecule has 3 N–H and O–H groups in total. The van der Waals surface area contributed by atoms with Gasteiger partial charge in [-0.2, -0.15) is 0 Å². The van der Waals surface area contributed by atoms with Gasteiger partial charge in [0.05, 0.1) is 12.9 Å². The Hall–Kier alpha value is -2.18. The van der Waals surface area contributed by atoms with Crippen LogP contribution in [0.15, 0.2) is 23.4 Å². The first-order valence-corrected chi connectivity index (χ1v) is 3.89. The van der Waals surface area contributed by atoms with Gasteiger partial charge in [0, 0.05) is 12.4 Å². The molecule has 0 aliphatic carbocycles. The lowest BCUT2D eigenvalue weighted by atomic mass is 10.3. The van der Waals surface area contributed by atoms with Crippen LogP contribution >= 0.6 is 0 Å². The van der Waals surface area contributed by atoms with Crippen LogP contribution in [0.4, 0.5) is 0 Å². The minimum atomic E-state index is -0.152. The number of nitrogens with two attached hydrogens (primary N) is 1. The number of nitrogens with one attached hydrogen (secondary N) is 1. The zero-order chi connectivity index (χ0) is 9.97. The molecule has 0 bridgehead atoms. The van der Waals surface area contributed by atoms with Gasteiger partial charge in [-0.25, -0.2) is 9.61 Å². The van der Waals surface area contributed by atoms with Gasteiger partial charge in [0.1, 0.15) is 11.5 Å². The lowest BCUT2D eigenvalue weighted by molar-refractivity contribution is 0.302. The highest BCUT2D eigenvalue weighted by Crippen LogP contribution is 2.03.